The molecule has 128 valence electrons. The highest BCUT2D eigenvalue weighted by molar-refractivity contribution is 7.99. The Balaban J connectivity index is 1.72. The molecule has 1 aliphatic heterocycles. The van der Waals surface area contributed by atoms with Crippen molar-refractivity contribution in [2.24, 2.45) is 17.3 Å². The summed E-state index contributed by atoms with van der Waals surface area (Å²) in [6.07, 6.45) is 5.37. The molecule has 1 saturated carbocycles. The molecular formula is C18H26O4S. The molecule has 0 aromatic rings. The first-order valence-electron chi connectivity index (χ1n) is 8.75. The number of allylic oxidation sites excluding steroid dienone is 2. The normalized spacial score (nSPS) is 30.2. The quantitative estimate of drug-likeness (QED) is 0.775. The second kappa shape index (κ2) is 6.88. The van der Waals surface area contributed by atoms with Crippen molar-refractivity contribution in [1.82, 2.24) is 0 Å². The van der Waals surface area contributed by atoms with Crippen LogP contribution < -0.4 is 0 Å². The predicted molar refractivity (Wildman–Crippen MR) is 90.4 cm³/mol. The first-order chi connectivity index (χ1) is 11.1. The lowest BCUT2D eigenvalue weighted by molar-refractivity contribution is -0.144. The van der Waals surface area contributed by atoms with Crippen LogP contribution in [-0.2, 0) is 14.3 Å². The summed E-state index contributed by atoms with van der Waals surface area (Å²) in [6.45, 7) is 2.14. The fraction of sp³-hybridized carbons (Fsp3) is 0.778. The smallest absolute Gasteiger partial charge is 0.306 e. The number of rotatable bonds is 5. The van der Waals surface area contributed by atoms with Crippen molar-refractivity contribution in [3.8, 4) is 0 Å². The van der Waals surface area contributed by atoms with Gasteiger partial charge in [-0.2, -0.15) is 11.8 Å². The van der Waals surface area contributed by atoms with Gasteiger partial charge in [0.25, 0.3) is 0 Å². The van der Waals surface area contributed by atoms with Crippen molar-refractivity contribution < 1.29 is 19.4 Å². The molecule has 2 aliphatic carbocycles. The molecule has 1 N–H and O–H groups in total. The average Bonchev–Trinajstić information content (AvgIpc) is 3.27. The zero-order valence-corrected chi connectivity index (χ0v) is 14.6. The molecule has 0 aromatic heterocycles. The third-order valence-electron chi connectivity index (χ3n) is 5.50. The van der Waals surface area contributed by atoms with E-state index in [9.17, 15) is 14.7 Å². The van der Waals surface area contributed by atoms with Crippen LogP contribution in [0.5, 0.6) is 0 Å². The molecule has 0 radical (unpaired) electrons. The number of ketones is 1. The molecule has 3 aliphatic rings. The Kier molecular flexibility index (Phi) is 5.04. The third-order valence-corrected chi connectivity index (χ3v) is 6.75. The number of hydrogen-bond donors (Lipinski definition) is 1. The fourth-order valence-corrected chi connectivity index (χ4v) is 5.43. The van der Waals surface area contributed by atoms with Crippen LogP contribution >= 0.6 is 11.8 Å². The van der Waals surface area contributed by atoms with Gasteiger partial charge in [-0.1, -0.05) is 0 Å². The molecule has 23 heavy (non-hydrogen) atoms. The van der Waals surface area contributed by atoms with E-state index in [1.54, 1.807) is 6.92 Å². The number of Topliss-reactive ketones (excluding diaryl/α,β-unsaturated/α-hetero) is 1. The Morgan fingerprint density at radius 1 is 1.35 bits per heavy atom. The molecule has 1 saturated heterocycles. The van der Waals surface area contributed by atoms with E-state index in [1.807, 2.05) is 11.8 Å². The number of aliphatic hydroxyl groups excluding tert-OH is 1. The summed E-state index contributed by atoms with van der Waals surface area (Å²) in [6, 6.07) is 0. The maximum atomic E-state index is 12.7. The predicted octanol–water partition coefficient (Wildman–Crippen LogP) is 3.65. The van der Waals surface area contributed by atoms with Crippen LogP contribution in [0.3, 0.4) is 0 Å². The summed E-state index contributed by atoms with van der Waals surface area (Å²) >= 11 is 1.96. The fourth-order valence-electron chi connectivity index (χ4n) is 4.15. The summed E-state index contributed by atoms with van der Waals surface area (Å²) in [4.78, 5) is 24.5. The highest BCUT2D eigenvalue weighted by Crippen LogP contribution is 2.58. The van der Waals surface area contributed by atoms with Gasteiger partial charge < -0.3 is 9.84 Å². The van der Waals surface area contributed by atoms with Crippen LogP contribution in [0.2, 0.25) is 0 Å². The molecule has 0 spiro atoms. The number of aliphatic hydroxyl groups is 1. The molecule has 5 heteroatoms. The van der Waals surface area contributed by atoms with Gasteiger partial charge in [0.15, 0.2) is 5.78 Å². The van der Waals surface area contributed by atoms with Crippen LogP contribution in [0.4, 0.5) is 0 Å². The minimum Gasteiger partial charge on any atom is -0.512 e. The monoisotopic (exact) mass is 338 g/mol. The first kappa shape index (κ1) is 16.9. The number of carbonyl (C=O) groups excluding carboxylic acids is 2. The summed E-state index contributed by atoms with van der Waals surface area (Å²) in [5, 5.41) is 10.6. The largest absolute Gasteiger partial charge is 0.512 e. The van der Waals surface area contributed by atoms with Crippen molar-refractivity contribution in [2.75, 3.05) is 18.1 Å². The summed E-state index contributed by atoms with van der Waals surface area (Å²) in [5.74, 6) is 3.20. The van der Waals surface area contributed by atoms with E-state index in [0.29, 0.717) is 30.9 Å². The number of carbonyl (C=O) groups is 2. The van der Waals surface area contributed by atoms with Gasteiger partial charge in [0, 0.05) is 23.8 Å². The number of ether oxygens (including phenoxy) is 1. The van der Waals surface area contributed by atoms with Gasteiger partial charge in [-0.05, 0) is 55.9 Å². The van der Waals surface area contributed by atoms with E-state index in [4.69, 9.17) is 4.74 Å². The first-order valence-corrected chi connectivity index (χ1v) is 9.90. The van der Waals surface area contributed by atoms with Gasteiger partial charge in [0.1, 0.15) is 0 Å². The Bertz CT molecular complexity index is 515. The maximum absolute atomic E-state index is 12.7. The minimum atomic E-state index is -0.431. The van der Waals surface area contributed by atoms with Crippen molar-refractivity contribution in [3.05, 3.63) is 11.3 Å². The van der Waals surface area contributed by atoms with Gasteiger partial charge in [0.2, 0.25) is 0 Å². The van der Waals surface area contributed by atoms with E-state index < -0.39 is 5.41 Å². The van der Waals surface area contributed by atoms with Gasteiger partial charge in [-0.15, -0.1) is 0 Å². The Labute approximate surface area is 142 Å². The zero-order chi connectivity index (χ0) is 16.4. The SMILES string of the molecule is CCOC(=O)CC1(C2=C(O)CC(C3CCCSC3)CC2=O)CC1. The highest BCUT2D eigenvalue weighted by atomic mass is 32.2. The molecule has 0 amide bonds. The molecule has 2 fully saturated rings. The van der Waals surface area contributed by atoms with Crippen molar-refractivity contribution in [1.29, 1.82) is 0 Å². The van der Waals surface area contributed by atoms with Crippen molar-refractivity contribution in [2.45, 2.75) is 51.9 Å². The molecule has 3 rings (SSSR count). The van der Waals surface area contributed by atoms with Crippen molar-refractivity contribution in [3.63, 3.8) is 0 Å². The van der Waals surface area contributed by atoms with E-state index in [1.165, 1.54) is 18.6 Å². The molecule has 2 unspecified atom stereocenters. The Morgan fingerprint density at radius 3 is 2.70 bits per heavy atom. The van der Waals surface area contributed by atoms with Crippen LogP contribution in [0.25, 0.3) is 0 Å². The molecule has 2 atom stereocenters. The topological polar surface area (TPSA) is 63.6 Å². The van der Waals surface area contributed by atoms with Crippen LogP contribution in [0.15, 0.2) is 11.3 Å². The summed E-state index contributed by atoms with van der Waals surface area (Å²) in [7, 11) is 0. The van der Waals surface area contributed by atoms with Crippen molar-refractivity contribution >= 4 is 23.5 Å². The third kappa shape index (κ3) is 3.59. The van der Waals surface area contributed by atoms with Crippen LogP contribution in [0, 0.1) is 17.3 Å². The molecule has 0 aromatic carbocycles. The van der Waals surface area contributed by atoms with Gasteiger partial charge in [0.05, 0.1) is 18.8 Å². The summed E-state index contributed by atoms with van der Waals surface area (Å²) < 4.78 is 5.04. The van der Waals surface area contributed by atoms with Crippen LogP contribution in [-0.4, -0.2) is 35.0 Å². The van der Waals surface area contributed by atoms with Crippen LogP contribution in [0.1, 0.15) is 51.9 Å². The Hall–Kier alpha value is -0.970. The lowest BCUT2D eigenvalue weighted by Crippen LogP contribution is -2.31. The zero-order valence-electron chi connectivity index (χ0n) is 13.8. The van der Waals surface area contributed by atoms with E-state index in [2.05, 4.69) is 0 Å². The molecule has 1 heterocycles. The lowest BCUT2D eigenvalue weighted by Gasteiger charge is -2.34. The summed E-state index contributed by atoms with van der Waals surface area (Å²) in [5.41, 5.74) is 0.116. The molecular weight excluding hydrogens is 312 g/mol. The maximum Gasteiger partial charge on any atom is 0.306 e. The standard InChI is InChI=1S/C18H26O4S/c1-2-22-16(21)10-18(5-6-18)17-14(19)8-13(9-15(17)20)12-4-3-7-23-11-12/h12-13,19H,2-11H2,1H3. The van der Waals surface area contributed by atoms with E-state index in [0.717, 1.165) is 18.6 Å². The second-order valence-corrected chi connectivity index (χ2v) is 8.30. The van der Waals surface area contributed by atoms with Gasteiger partial charge in [-0.3, -0.25) is 9.59 Å². The molecule has 0 bridgehead atoms. The van der Waals surface area contributed by atoms with E-state index in [-0.39, 0.29) is 29.9 Å². The van der Waals surface area contributed by atoms with Gasteiger partial charge in [-0.25, -0.2) is 0 Å². The average molecular weight is 338 g/mol. The lowest BCUT2D eigenvalue weighted by atomic mass is 9.73. The second-order valence-electron chi connectivity index (χ2n) is 7.15. The minimum absolute atomic E-state index is 0.0659. The number of esters is 1. The van der Waals surface area contributed by atoms with E-state index >= 15 is 0 Å². The highest BCUT2D eigenvalue weighted by Gasteiger charge is 2.53. The molecule has 4 nitrogen and oxygen atoms in total. The Morgan fingerprint density at radius 2 is 2.13 bits per heavy atom. The number of thioether (sulfide) groups is 1. The van der Waals surface area contributed by atoms with Gasteiger partial charge >= 0.3 is 5.97 Å². The number of hydrogen-bond acceptors (Lipinski definition) is 5.